The second-order valence-electron chi connectivity index (χ2n) is 4.53. The Morgan fingerprint density at radius 1 is 1.22 bits per heavy atom. The van der Waals surface area contributed by atoms with Crippen LogP contribution < -0.4 is 5.32 Å². The zero-order chi connectivity index (χ0) is 12.4. The molecule has 0 atom stereocenters. The molecule has 1 aliphatic carbocycles. The smallest absolute Gasteiger partial charge is 0.322 e. The second kappa shape index (κ2) is 4.76. The molecule has 1 aromatic heterocycles. The Balaban J connectivity index is 1.79. The van der Waals surface area contributed by atoms with Crippen LogP contribution in [0.5, 0.6) is 0 Å². The molecular weight excluding hydrogens is 233 g/mol. The van der Waals surface area contributed by atoms with Crippen molar-refractivity contribution in [1.82, 2.24) is 10.1 Å². The first-order chi connectivity index (χ1) is 8.83. The van der Waals surface area contributed by atoms with Gasteiger partial charge in [0, 0.05) is 6.04 Å². The fourth-order valence-corrected chi connectivity index (χ4v) is 2.28. The standard InChI is InChI=1S/C13H14FN3O/c14-11-8-4-3-7-10(11)12-16-13(18-17-12)15-9-5-1-2-6-9/h3-4,7-9H,1-2,5-6H2,(H,15,16,17). The molecule has 5 heteroatoms. The van der Waals surface area contributed by atoms with Gasteiger partial charge in [0.15, 0.2) is 0 Å². The lowest BCUT2D eigenvalue weighted by Gasteiger charge is -2.07. The van der Waals surface area contributed by atoms with Gasteiger partial charge in [-0.2, -0.15) is 4.98 Å². The van der Waals surface area contributed by atoms with Gasteiger partial charge in [-0.1, -0.05) is 30.1 Å². The highest BCUT2D eigenvalue weighted by atomic mass is 19.1. The summed E-state index contributed by atoms with van der Waals surface area (Å²) in [6.45, 7) is 0. The maximum Gasteiger partial charge on any atom is 0.322 e. The van der Waals surface area contributed by atoms with Gasteiger partial charge in [0.05, 0.1) is 5.56 Å². The Kier molecular flexibility index (Phi) is 2.96. The molecule has 0 saturated heterocycles. The van der Waals surface area contributed by atoms with Crippen molar-refractivity contribution in [1.29, 1.82) is 0 Å². The molecule has 0 radical (unpaired) electrons. The lowest BCUT2D eigenvalue weighted by atomic mass is 10.2. The SMILES string of the molecule is Fc1ccccc1-c1noc(NC2CCCC2)n1. The van der Waals surface area contributed by atoms with Crippen LogP contribution in [-0.4, -0.2) is 16.2 Å². The number of anilines is 1. The van der Waals surface area contributed by atoms with Crippen molar-refractivity contribution in [2.24, 2.45) is 0 Å². The van der Waals surface area contributed by atoms with Crippen molar-refractivity contribution in [2.75, 3.05) is 5.32 Å². The normalized spacial score (nSPS) is 16.1. The van der Waals surface area contributed by atoms with Gasteiger partial charge in [-0.05, 0) is 25.0 Å². The van der Waals surface area contributed by atoms with Gasteiger partial charge in [-0.15, -0.1) is 0 Å². The van der Waals surface area contributed by atoms with E-state index in [2.05, 4.69) is 15.5 Å². The summed E-state index contributed by atoms with van der Waals surface area (Å²) in [6.07, 6.45) is 4.70. The van der Waals surface area contributed by atoms with Crippen LogP contribution in [0.3, 0.4) is 0 Å². The Hall–Kier alpha value is -1.91. The maximum absolute atomic E-state index is 13.5. The minimum absolute atomic E-state index is 0.286. The zero-order valence-electron chi connectivity index (χ0n) is 9.90. The van der Waals surface area contributed by atoms with Gasteiger partial charge in [0.25, 0.3) is 0 Å². The fraction of sp³-hybridized carbons (Fsp3) is 0.385. The zero-order valence-corrected chi connectivity index (χ0v) is 9.90. The van der Waals surface area contributed by atoms with E-state index in [1.165, 1.54) is 18.9 Å². The van der Waals surface area contributed by atoms with Gasteiger partial charge < -0.3 is 9.84 Å². The van der Waals surface area contributed by atoms with Crippen LogP contribution in [0.25, 0.3) is 11.4 Å². The summed E-state index contributed by atoms with van der Waals surface area (Å²) >= 11 is 0. The number of hydrogen-bond acceptors (Lipinski definition) is 4. The number of nitrogens with zero attached hydrogens (tertiary/aromatic N) is 2. The van der Waals surface area contributed by atoms with E-state index in [0.29, 0.717) is 17.6 Å². The predicted molar refractivity (Wildman–Crippen MR) is 65.6 cm³/mol. The summed E-state index contributed by atoms with van der Waals surface area (Å²) < 4.78 is 18.6. The molecule has 1 saturated carbocycles. The Morgan fingerprint density at radius 3 is 2.78 bits per heavy atom. The number of hydrogen-bond donors (Lipinski definition) is 1. The van der Waals surface area contributed by atoms with Gasteiger partial charge in [-0.25, -0.2) is 4.39 Å². The van der Waals surface area contributed by atoms with E-state index in [9.17, 15) is 4.39 Å². The number of rotatable bonds is 3. The third-order valence-electron chi connectivity index (χ3n) is 3.22. The number of halogens is 1. The van der Waals surface area contributed by atoms with Crippen LogP contribution in [0.2, 0.25) is 0 Å². The van der Waals surface area contributed by atoms with Crippen LogP contribution in [0.1, 0.15) is 25.7 Å². The molecule has 0 unspecified atom stereocenters. The molecular formula is C13H14FN3O. The summed E-state index contributed by atoms with van der Waals surface area (Å²) in [4.78, 5) is 4.18. The van der Waals surface area contributed by atoms with Crippen molar-refractivity contribution in [3.05, 3.63) is 30.1 Å². The summed E-state index contributed by atoms with van der Waals surface area (Å²) in [7, 11) is 0. The first-order valence-corrected chi connectivity index (χ1v) is 6.18. The Bertz CT molecular complexity index is 535. The van der Waals surface area contributed by atoms with E-state index in [1.54, 1.807) is 18.2 Å². The Labute approximate surface area is 104 Å². The minimum Gasteiger partial charge on any atom is -0.335 e. The molecule has 0 aliphatic heterocycles. The molecule has 94 valence electrons. The van der Waals surface area contributed by atoms with E-state index in [-0.39, 0.29) is 11.6 Å². The molecule has 0 bridgehead atoms. The number of aromatic nitrogens is 2. The molecule has 0 spiro atoms. The molecule has 1 aromatic carbocycles. The number of benzene rings is 1. The first-order valence-electron chi connectivity index (χ1n) is 6.18. The van der Waals surface area contributed by atoms with Gasteiger partial charge >= 0.3 is 6.01 Å². The van der Waals surface area contributed by atoms with Crippen LogP contribution in [0.15, 0.2) is 28.8 Å². The third-order valence-corrected chi connectivity index (χ3v) is 3.22. The average molecular weight is 247 g/mol. The van der Waals surface area contributed by atoms with Crippen LogP contribution in [0.4, 0.5) is 10.4 Å². The topological polar surface area (TPSA) is 51.0 Å². The molecule has 4 nitrogen and oxygen atoms in total. The molecule has 18 heavy (non-hydrogen) atoms. The van der Waals surface area contributed by atoms with Crippen molar-refractivity contribution < 1.29 is 8.91 Å². The molecule has 0 amide bonds. The van der Waals surface area contributed by atoms with E-state index in [1.807, 2.05) is 0 Å². The van der Waals surface area contributed by atoms with E-state index < -0.39 is 0 Å². The lowest BCUT2D eigenvalue weighted by molar-refractivity contribution is 0.427. The summed E-state index contributed by atoms with van der Waals surface area (Å²) in [5, 5.41) is 6.99. The fourth-order valence-electron chi connectivity index (χ4n) is 2.28. The quantitative estimate of drug-likeness (QED) is 0.904. The monoisotopic (exact) mass is 247 g/mol. The Morgan fingerprint density at radius 2 is 2.00 bits per heavy atom. The van der Waals surface area contributed by atoms with E-state index in [0.717, 1.165) is 12.8 Å². The highest BCUT2D eigenvalue weighted by Gasteiger charge is 2.18. The van der Waals surface area contributed by atoms with Gasteiger partial charge in [0.1, 0.15) is 5.82 Å². The van der Waals surface area contributed by atoms with Gasteiger partial charge in [0.2, 0.25) is 5.82 Å². The van der Waals surface area contributed by atoms with Crippen molar-refractivity contribution >= 4 is 6.01 Å². The third kappa shape index (κ3) is 2.20. The highest BCUT2D eigenvalue weighted by molar-refractivity contribution is 5.56. The molecule has 1 aliphatic rings. The minimum atomic E-state index is -0.342. The van der Waals surface area contributed by atoms with Crippen molar-refractivity contribution in [3.8, 4) is 11.4 Å². The molecule has 1 fully saturated rings. The van der Waals surface area contributed by atoms with Crippen molar-refractivity contribution in [3.63, 3.8) is 0 Å². The van der Waals surface area contributed by atoms with E-state index in [4.69, 9.17) is 4.52 Å². The van der Waals surface area contributed by atoms with Crippen LogP contribution >= 0.6 is 0 Å². The second-order valence-corrected chi connectivity index (χ2v) is 4.53. The van der Waals surface area contributed by atoms with Crippen LogP contribution in [0, 0.1) is 5.82 Å². The van der Waals surface area contributed by atoms with Crippen LogP contribution in [-0.2, 0) is 0 Å². The molecule has 1 heterocycles. The maximum atomic E-state index is 13.5. The number of nitrogens with one attached hydrogen (secondary N) is 1. The summed E-state index contributed by atoms with van der Waals surface area (Å²) in [6, 6.07) is 7.18. The first kappa shape index (κ1) is 11.2. The lowest BCUT2D eigenvalue weighted by Crippen LogP contribution is -2.14. The van der Waals surface area contributed by atoms with Gasteiger partial charge in [-0.3, -0.25) is 0 Å². The van der Waals surface area contributed by atoms with Crippen molar-refractivity contribution in [2.45, 2.75) is 31.7 Å². The molecule has 2 aromatic rings. The average Bonchev–Trinajstić information content (AvgIpc) is 3.02. The molecule has 3 rings (SSSR count). The van der Waals surface area contributed by atoms with E-state index >= 15 is 0 Å². The summed E-state index contributed by atoms with van der Waals surface area (Å²) in [5.41, 5.74) is 0.362. The highest BCUT2D eigenvalue weighted by Crippen LogP contribution is 2.24. The summed E-state index contributed by atoms with van der Waals surface area (Å²) in [5.74, 6) is -0.0562. The largest absolute Gasteiger partial charge is 0.335 e. The predicted octanol–water partition coefficient (Wildman–Crippen LogP) is 3.23. The molecule has 1 N–H and O–H groups in total.